The topological polar surface area (TPSA) is 86.7 Å². The molecule has 0 radical (unpaired) electrons. The van der Waals surface area contributed by atoms with Gasteiger partial charge < -0.3 is 5.11 Å². The lowest BCUT2D eigenvalue weighted by atomic mass is 10.1. The number of carbonyl (C=O) groups excluding carboxylic acids is 3. The number of halogens is 2. The van der Waals surface area contributed by atoms with E-state index in [-0.39, 0.29) is 21.9 Å². The van der Waals surface area contributed by atoms with Crippen LogP contribution in [0, 0.1) is 0 Å². The first kappa shape index (κ1) is 14.5. The number of nitrogens with one attached hydrogen (secondary N) is 1. The van der Waals surface area contributed by atoms with Crippen LogP contribution in [-0.4, -0.2) is 34.9 Å². The SMILES string of the molecule is CN1C(=O)NC(=O)/C(=C/c2cc(Br)cc(Cl)c2O)C1=O. The monoisotopic (exact) mass is 358 g/mol. The number of benzene rings is 1. The van der Waals surface area contributed by atoms with Crippen LogP contribution in [0.25, 0.3) is 6.08 Å². The summed E-state index contributed by atoms with van der Waals surface area (Å²) in [5, 5.41) is 11.9. The summed E-state index contributed by atoms with van der Waals surface area (Å²) in [5.74, 6) is -1.84. The number of rotatable bonds is 1. The Kier molecular flexibility index (Phi) is 3.82. The van der Waals surface area contributed by atoms with Gasteiger partial charge in [0.15, 0.2) is 0 Å². The predicted octanol–water partition coefficient (Wildman–Crippen LogP) is 1.90. The van der Waals surface area contributed by atoms with E-state index in [1.165, 1.54) is 25.3 Å². The van der Waals surface area contributed by atoms with E-state index in [0.717, 1.165) is 4.90 Å². The Morgan fingerprint density at radius 1 is 1.35 bits per heavy atom. The number of amides is 4. The molecule has 0 aliphatic carbocycles. The number of urea groups is 1. The minimum Gasteiger partial charge on any atom is -0.506 e. The Bertz CT molecular complexity index is 672. The number of carbonyl (C=O) groups is 3. The third-order valence-electron chi connectivity index (χ3n) is 2.66. The summed E-state index contributed by atoms with van der Waals surface area (Å²) in [5.41, 5.74) is -0.0813. The molecule has 0 aromatic heterocycles. The fourth-order valence-corrected chi connectivity index (χ4v) is 2.43. The lowest BCUT2D eigenvalue weighted by Gasteiger charge is -2.22. The maximum atomic E-state index is 11.9. The van der Waals surface area contributed by atoms with E-state index in [9.17, 15) is 19.5 Å². The van der Waals surface area contributed by atoms with Crippen molar-refractivity contribution in [1.29, 1.82) is 0 Å². The van der Waals surface area contributed by atoms with Gasteiger partial charge in [0.1, 0.15) is 11.3 Å². The number of hydrogen-bond acceptors (Lipinski definition) is 4. The van der Waals surface area contributed by atoms with Crippen molar-refractivity contribution in [2.24, 2.45) is 0 Å². The largest absolute Gasteiger partial charge is 0.506 e. The second-order valence-corrected chi connectivity index (χ2v) is 5.33. The van der Waals surface area contributed by atoms with Gasteiger partial charge in [-0.15, -0.1) is 0 Å². The zero-order chi connectivity index (χ0) is 15.0. The van der Waals surface area contributed by atoms with Crippen LogP contribution in [0.1, 0.15) is 5.56 Å². The van der Waals surface area contributed by atoms with Crippen molar-refractivity contribution in [1.82, 2.24) is 10.2 Å². The Balaban J connectivity index is 2.52. The number of aromatic hydroxyl groups is 1. The molecule has 1 aliphatic rings. The third kappa shape index (κ3) is 2.54. The van der Waals surface area contributed by atoms with E-state index in [1.807, 2.05) is 5.32 Å². The van der Waals surface area contributed by atoms with Gasteiger partial charge in [-0.25, -0.2) is 4.79 Å². The van der Waals surface area contributed by atoms with E-state index in [4.69, 9.17) is 11.6 Å². The van der Waals surface area contributed by atoms with Crippen LogP contribution in [-0.2, 0) is 9.59 Å². The molecule has 0 atom stereocenters. The molecule has 2 N–H and O–H groups in total. The highest BCUT2D eigenvalue weighted by molar-refractivity contribution is 9.10. The molecule has 1 fully saturated rings. The van der Waals surface area contributed by atoms with Crippen molar-refractivity contribution in [3.05, 3.63) is 32.8 Å². The standard InChI is InChI=1S/C12H8BrClN2O4/c1-16-11(19)7(10(18)15-12(16)20)3-5-2-6(13)4-8(14)9(5)17/h2-4,17H,1H3,(H,15,18,20)/b7-3-. The number of imide groups is 2. The summed E-state index contributed by atoms with van der Waals surface area (Å²) in [6.45, 7) is 0. The Hall–Kier alpha value is -1.86. The number of phenols is 1. The summed E-state index contributed by atoms with van der Waals surface area (Å²) >= 11 is 8.99. The van der Waals surface area contributed by atoms with Crippen LogP contribution in [0.5, 0.6) is 5.75 Å². The normalized spacial score (nSPS) is 17.6. The average Bonchev–Trinajstić information content (AvgIpc) is 2.37. The van der Waals surface area contributed by atoms with Gasteiger partial charge in [-0.3, -0.25) is 19.8 Å². The van der Waals surface area contributed by atoms with Crippen molar-refractivity contribution >= 4 is 51.5 Å². The maximum Gasteiger partial charge on any atom is 0.331 e. The molecule has 20 heavy (non-hydrogen) atoms. The van der Waals surface area contributed by atoms with Gasteiger partial charge in [-0.1, -0.05) is 27.5 Å². The molecule has 0 saturated carbocycles. The number of nitrogens with zero attached hydrogens (tertiary/aromatic N) is 1. The van der Waals surface area contributed by atoms with Crippen molar-refractivity contribution < 1.29 is 19.5 Å². The molecule has 1 aliphatic heterocycles. The lowest BCUT2D eigenvalue weighted by molar-refractivity contribution is -0.129. The molecule has 8 heteroatoms. The molecule has 2 rings (SSSR count). The summed E-state index contributed by atoms with van der Waals surface area (Å²) in [6, 6.07) is 2.16. The summed E-state index contributed by atoms with van der Waals surface area (Å²) in [4.78, 5) is 35.6. The second-order valence-electron chi connectivity index (χ2n) is 4.01. The van der Waals surface area contributed by atoms with E-state index in [1.54, 1.807) is 0 Å². The van der Waals surface area contributed by atoms with Crippen LogP contribution in [0.3, 0.4) is 0 Å². The van der Waals surface area contributed by atoms with Crippen LogP contribution in [0.2, 0.25) is 5.02 Å². The van der Waals surface area contributed by atoms with Gasteiger partial charge in [-0.05, 0) is 18.2 Å². The van der Waals surface area contributed by atoms with E-state index < -0.39 is 17.8 Å². The molecule has 1 aromatic rings. The quantitative estimate of drug-likeness (QED) is 0.592. The molecule has 0 bridgehead atoms. The minimum atomic E-state index is -0.825. The number of hydrogen-bond donors (Lipinski definition) is 2. The van der Waals surface area contributed by atoms with Gasteiger partial charge >= 0.3 is 6.03 Å². The molecule has 1 heterocycles. The fourth-order valence-electron chi connectivity index (χ4n) is 1.60. The minimum absolute atomic E-state index is 0.0688. The number of likely N-dealkylation sites (N-methyl/N-ethyl adjacent to an activating group) is 1. The average molecular weight is 360 g/mol. The van der Waals surface area contributed by atoms with Crippen molar-refractivity contribution in [3.8, 4) is 5.75 Å². The van der Waals surface area contributed by atoms with Crippen LogP contribution >= 0.6 is 27.5 Å². The molecule has 1 saturated heterocycles. The van der Waals surface area contributed by atoms with E-state index in [2.05, 4.69) is 15.9 Å². The summed E-state index contributed by atoms with van der Waals surface area (Å²) < 4.78 is 0.570. The molecule has 0 spiro atoms. The van der Waals surface area contributed by atoms with Gasteiger partial charge in [-0.2, -0.15) is 0 Å². The highest BCUT2D eigenvalue weighted by Gasteiger charge is 2.33. The zero-order valence-corrected chi connectivity index (χ0v) is 12.4. The summed E-state index contributed by atoms with van der Waals surface area (Å²) in [7, 11) is 1.24. The first-order chi connectivity index (χ1) is 9.31. The molecule has 1 aromatic carbocycles. The Morgan fingerprint density at radius 3 is 2.65 bits per heavy atom. The maximum absolute atomic E-state index is 11.9. The van der Waals surface area contributed by atoms with Crippen molar-refractivity contribution in [3.63, 3.8) is 0 Å². The molecule has 4 amide bonds. The van der Waals surface area contributed by atoms with Crippen LogP contribution < -0.4 is 5.32 Å². The number of barbiturate groups is 1. The zero-order valence-electron chi connectivity index (χ0n) is 10.1. The molecule has 6 nitrogen and oxygen atoms in total. The van der Waals surface area contributed by atoms with E-state index >= 15 is 0 Å². The van der Waals surface area contributed by atoms with Gasteiger partial charge in [0.05, 0.1) is 5.02 Å². The van der Waals surface area contributed by atoms with Gasteiger partial charge in [0, 0.05) is 17.1 Å². The van der Waals surface area contributed by atoms with Crippen LogP contribution in [0.4, 0.5) is 4.79 Å². The smallest absolute Gasteiger partial charge is 0.331 e. The van der Waals surface area contributed by atoms with Crippen molar-refractivity contribution in [2.75, 3.05) is 7.05 Å². The highest BCUT2D eigenvalue weighted by Crippen LogP contribution is 2.33. The lowest BCUT2D eigenvalue weighted by Crippen LogP contribution is -2.52. The summed E-state index contributed by atoms with van der Waals surface area (Å²) in [6.07, 6.45) is 1.17. The molecule has 104 valence electrons. The van der Waals surface area contributed by atoms with Gasteiger partial charge in [0.2, 0.25) is 0 Å². The third-order valence-corrected chi connectivity index (χ3v) is 3.41. The second kappa shape index (κ2) is 5.26. The first-order valence-corrected chi connectivity index (χ1v) is 6.51. The van der Waals surface area contributed by atoms with Crippen molar-refractivity contribution in [2.45, 2.75) is 0 Å². The van der Waals surface area contributed by atoms with E-state index in [0.29, 0.717) is 4.47 Å². The Morgan fingerprint density at radius 2 is 2.00 bits per heavy atom. The highest BCUT2D eigenvalue weighted by atomic mass is 79.9. The predicted molar refractivity (Wildman–Crippen MR) is 75.1 cm³/mol. The van der Waals surface area contributed by atoms with Crippen LogP contribution in [0.15, 0.2) is 22.2 Å². The Labute approximate surface area is 127 Å². The first-order valence-electron chi connectivity index (χ1n) is 5.34. The number of phenolic OH excluding ortho intramolecular Hbond substituents is 1. The van der Waals surface area contributed by atoms with Gasteiger partial charge in [0.25, 0.3) is 11.8 Å². The molecule has 0 unspecified atom stereocenters. The fraction of sp³-hybridized carbons (Fsp3) is 0.0833. The molecular weight excluding hydrogens is 351 g/mol. The molecular formula is C12H8BrClN2O4.